The number of halogens is 4. The third-order valence-corrected chi connectivity index (χ3v) is 7.17. The Morgan fingerprint density at radius 1 is 0.927 bits per heavy atom. The molecule has 0 aromatic heterocycles. The molecule has 13 heteroatoms. The lowest BCUT2D eigenvalue weighted by molar-refractivity contribution is -0.440. The van der Waals surface area contributed by atoms with Crippen LogP contribution in [0.3, 0.4) is 0 Å². The minimum atomic E-state index is -5.08. The van der Waals surface area contributed by atoms with Gasteiger partial charge in [0.15, 0.2) is 5.69 Å². The molecule has 1 aliphatic heterocycles. The summed E-state index contributed by atoms with van der Waals surface area (Å²) < 4.78 is 65.5. The van der Waals surface area contributed by atoms with Crippen molar-refractivity contribution >= 4 is 50.5 Å². The van der Waals surface area contributed by atoms with E-state index < -0.39 is 22.2 Å². The highest BCUT2D eigenvalue weighted by Gasteiger charge is 2.38. The number of carboxylic acid groups (broad SMARTS) is 1. The van der Waals surface area contributed by atoms with Crippen LogP contribution in [0, 0.1) is 0 Å². The van der Waals surface area contributed by atoms with Crippen LogP contribution in [0.15, 0.2) is 107 Å². The maximum atomic E-state index is 12.7. The number of aliphatic imine (C=N–C) groups is 1. The number of nitrogens with one attached hydrogen (secondary N) is 1. The molecule has 0 saturated heterocycles. The van der Waals surface area contributed by atoms with Crippen LogP contribution in [0.4, 0.5) is 30.2 Å². The fraction of sp³-hybridized carbons (Fsp3) is 0.0714. The van der Waals surface area contributed by atoms with Crippen LogP contribution in [0.1, 0.15) is 5.56 Å². The van der Waals surface area contributed by atoms with Crippen molar-refractivity contribution in [3.8, 4) is 11.5 Å². The normalized spacial score (nSPS) is 12.4. The largest absolute Gasteiger partial charge is 0.490 e. The Morgan fingerprint density at radius 2 is 1.54 bits per heavy atom. The number of quaternary nitrogens is 1. The van der Waals surface area contributed by atoms with Crippen molar-refractivity contribution in [2.75, 3.05) is 4.72 Å². The summed E-state index contributed by atoms with van der Waals surface area (Å²) in [5.74, 6) is -0.285. The van der Waals surface area contributed by atoms with E-state index in [1.165, 1.54) is 12.1 Å². The van der Waals surface area contributed by atoms with Gasteiger partial charge in [-0.2, -0.15) is 18.2 Å². The summed E-state index contributed by atoms with van der Waals surface area (Å²) in [5, 5.41) is 9.62. The van der Waals surface area contributed by atoms with E-state index in [0.29, 0.717) is 17.1 Å². The lowest BCUT2D eigenvalue weighted by Crippen LogP contribution is -2.81. The Hall–Kier alpha value is -4.39. The second-order valence-corrected chi connectivity index (χ2v) is 10.7. The van der Waals surface area contributed by atoms with Crippen molar-refractivity contribution < 1.29 is 41.5 Å². The fourth-order valence-electron chi connectivity index (χ4n) is 3.62. The molecular formula is C28H22ClF3N3O5S+. The van der Waals surface area contributed by atoms with Crippen molar-refractivity contribution in [3.63, 3.8) is 0 Å². The lowest BCUT2D eigenvalue weighted by Gasteiger charge is -2.08. The molecular weight excluding hydrogens is 583 g/mol. The zero-order valence-electron chi connectivity index (χ0n) is 21.0. The van der Waals surface area contributed by atoms with E-state index >= 15 is 0 Å². The molecule has 0 atom stereocenters. The van der Waals surface area contributed by atoms with Crippen LogP contribution in [0.5, 0.6) is 11.5 Å². The minimum Gasteiger partial charge on any atom is -0.475 e. The number of nitrogens with two attached hydrogens (primary N) is 1. The highest BCUT2D eigenvalue weighted by atomic mass is 35.5. The van der Waals surface area contributed by atoms with Crippen LogP contribution in [-0.2, 0) is 21.2 Å². The number of ether oxygens (including phenoxy) is 1. The van der Waals surface area contributed by atoms with Gasteiger partial charge in [0.1, 0.15) is 17.2 Å². The molecule has 4 N–H and O–H groups in total. The standard InChI is InChI=1S/C26H20ClN3O3S.C2HF3O2/c27-19-8-13-23(14-9-19)34(31,32)30-20-10-15-24-25(17-20)29-26(28-24)16-18-6-11-22(12-7-18)33-21-4-2-1-3-5-21;3-2(4,5)1(6)7/h1-15,17,30H,16H2,(H,28,29);(H,6,7)/p+1. The molecule has 0 unspecified atom stereocenters. The molecule has 0 fully saturated rings. The zero-order valence-corrected chi connectivity index (χ0v) is 22.5. The van der Waals surface area contributed by atoms with Gasteiger partial charge in [0.25, 0.3) is 10.0 Å². The van der Waals surface area contributed by atoms with Crippen molar-refractivity contribution in [2.45, 2.75) is 17.5 Å². The Labute approximate surface area is 238 Å². The van der Waals surface area contributed by atoms with Crippen molar-refractivity contribution in [1.29, 1.82) is 0 Å². The zero-order chi connectivity index (χ0) is 29.6. The third kappa shape index (κ3) is 8.30. The Kier molecular flexibility index (Phi) is 8.96. The number of hydrogen-bond acceptors (Lipinski definition) is 5. The first-order chi connectivity index (χ1) is 19.4. The summed E-state index contributed by atoms with van der Waals surface area (Å²) in [7, 11) is -3.72. The van der Waals surface area contributed by atoms with E-state index in [9.17, 15) is 21.6 Å². The van der Waals surface area contributed by atoms with Gasteiger partial charge in [-0.1, -0.05) is 41.9 Å². The van der Waals surface area contributed by atoms with Gasteiger partial charge in [-0.05, 0) is 66.2 Å². The van der Waals surface area contributed by atoms with Crippen LogP contribution >= 0.6 is 11.6 Å². The molecule has 5 rings (SSSR count). The van der Waals surface area contributed by atoms with Gasteiger partial charge in [0, 0.05) is 11.1 Å². The molecule has 212 valence electrons. The predicted molar refractivity (Wildman–Crippen MR) is 148 cm³/mol. The number of anilines is 1. The first-order valence-corrected chi connectivity index (χ1v) is 13.7. The minimum absolute atomic E-state index is 0.146. The second kappa shape index (κ2) is 12.4. The van der Waals surface area contributed by atoms with Crippen LogP contribution in [-0.4, -0.2) is 31.5 Å². The maximum Gasteiger partial charge on any atom is 0.490 e. The van der Waals surface area contributed by atoms with E-state index in [0.717, 1.165) is 34.3 Å². The first kappa shape index (κ1) is 29.6. The van der Waals surface area contributed by atoms with E-state index in [4.69, 9.17) is 26.2 Å². The van der Waals surface area contributed by atoms with E-state index in [1.54, 1.807) is 24.3 Å². The van der Waals surface area contributed by atoms with Crippen LogP contribution in [0.2, 0.25) is 5.02 Å². The predicted octanol–water partition coefficient (Wildman–Crippen LogP) is 6.05. The van der Waals surface area contributed by atoms with Gasteiger partial charge in [0.2, 0.25) is 5.84 Å². The van der Waals surface area contributed by atoms with Crippen LogP contribution < -0.4 is 14.8 Å². The molecule has 0 amide bonds. The summed E-state index contributed by atoms with van der Waals surface area (Å²) >= 11 is 5.86. The number of carbonyl (C=O) groups is 1. The molecule has 4 aromatic carbocycles. The smallest absolute Gasteiger partial charge is 0.475 e. The summed E-state index contributed by atoms with van der Waals surface area (Å²) in [6, 6.07) is 28.9. The van der Waals surface area contributed by atoms with Gasteiger partial charge >= 0.3 is 12.1 Å². The van der Waals surface area contributed by atoms with E-state index in [1.807, 2.05) is 66.0 Å². The Morgan fingerprint density at radius 3 is 2.15 bits per heavy atom. The number of amidine groups is 1. The third-order valence-electron chi connectivity index (χ3n) is 5.52. The highest BCUT2D eigenvalue weighted by molar-refractivity contribution is 7.92. The van der Waals surface area contributed by atoms with Gasteiger partial charge in [0.05, 0.1) is 17.0 Å². The molecule has 0 bridgehead atoms. The molecule has 4 aromatic rings. The SMILES string of the molecule is O=C(O)C(F)(F)F.O=S(=O)(Nc1ccc2c(c1)N=C(Cc1ccc(Oc3ccccc3)cc1)[NH2+]2)c1ccc(Cl)cc1. The van der Waals surface area contributed by atoms with Crippen molar-refractivity contribution in [3.05, 3.63) is 108 Å². The summed E-state index contributed by atoms with van der Waals surface area (Å²) in [5.41, 5.74) is 3.24. The number of nitrogens with zero attached hydrogens (tertiary/aromatic N) is 1. The molecule has 0 aliphatic carbocycles. The highest BCUT2D eigenvalue weighted by Crippen LogP contribution is 2.30. The topological polar surface area (TPSA) is 122 Å². The summed E-state index contributed by atoms with van der Waals surface area (Å²) in [4.78, 5) is 13.7. The molecule has 41 heavy (non-hydrogen) atoms. The molecule has 0 radical (unpaired) electrons. The Balaban J connectivity index is 0.000000493. The number of alkyl halides is 3. The monoisotopic (exact) mass is 604 g/mol. The average Bonchev–Trinajstić information content (AvgIpc) is 3.32. The number of carboxylic acids is 1. The van der Waals surface area contributed by atoms with Gasteiger partial charge in [-0.25, -0.2) is 13.2 Å². The number of rotatable bonds is 7. The van der Waals surface area contributed by atoms with Gasteiger partial charge in [-0.15, -0.1) is 0 Å². The molecule has 1 aliphatic rings. The number of sulfonamides is 1. The number of hydrogen-bond donors (Lipinski definition) is 3. The number of aliphatic carboxylic acids is 1. The maximum absolute atomic E-state index is 12.7. The second-order valence-electron chi connectivity index (χ2n) is 8.62. The van der Waals surface area contributed by atoms with E-state index in [2.05, 4.69) is 9.71 Å². The van der Waals surface area contributed by atoms with E-state index in [-0.39, 0.29) is 4.90 Å². The summed E-state index contributed by atoms with van der Waals surface area (Å²) in [6.45, 7) is 0. The fourth-order valence-corrected chi connectivity index (χ4v) is 4.80. The van der Waals surface area contributed by atoms with Crippen molar-refractivity contribution in [2.24, 2.45) is 4.99 Å². The quantitative estimate of drug-likeness (QED) is 0.222. The van der Waals surface area contributed by atoms with Gasteiger partial charge < -0.3 is 9.84 Å². The average molecular weight is 605 g/mol. The molecule has 8 nitrogen and oxygen atoms in total. The molecule has 0 spiro atoms. The number of fused-ring (bicyclic) bond motifs is 1. The van der Waals surface area contributed by atoms with Crippen LogP contribution in [0.25, 0.3) is 0 Å². The van der Waals surface area contributed by atoms with Crippen molar-refractivity contribution in [1.82, 2.24) is 0 Å². The van der Waals surface area contributed by atoms with Gasteiger partial charge in [-0.3, -0.25) is 10.0 Å². The number of para-hydroxylation sites is 1. The summed E-state index contributed by atoms with van der Waals surface area (Å²) in [6.07, 6.45) is -4.42. The molecule has 1 heterocycles. The molecule has 0 saturated carbocycles. The Bertz CT molecular complexity index is 1660. The number of benzene rings is 4. The lowest BCUT2D eigenvalue weighted by atomic mass is 10.1. The first-order valence-electron chi connectivity index (χ1n) is 11.9.